The van der Waals surface area contributed by atoms with E-state index in [-0.39, 0.29) is 5.97 Å². The van der Waals surface area contributed by atoms with E-state index in [1.54, 1.807) is 11.3 Å². The molecular formula is C12H17N3O2S. The Hall–Kier alpha value is -1.14. The Morgan fingerprint density at radius 1 is 1.61 bits per heavy atom. The second kappa shape index (κ2) is 4.51. The summed E-state index contributed by atoms with van der Waals surface area (Å²) in [5.74, 6) is 0.303. The molecule has 6 heteroatoms. The summed E-state index contributed by atoms with van der Waals surface area (Å²) in [6.45, 7) is 3.56. The van der Waals surface area contributed by atoms with Crippen molar-refractivity contribution in [3.63, 3.8) is 0 Å². The van der Waals surface area contributed by atoms with Gasteiger partial charge in [0.05, 0.1) is 18.8 Å². The topological polar surface area (TPSA) is 68.5 Å². The van der Waals surface area contributed by atoms with Crippen LogP contribution in [0.25, 0.3) is 0 Å². The summed E-state index contributed by atoms with van der Waals surface area (Å²) < 4.78 is 5.03. The number of ether oxygens (including phenoxy) is 1. The zero-order valence-electron chi connectivity index (χ0n) is 10.4. The number of rotatable bonds is 3. The maximum atomic E-state index is 11.6. The first-order chi connectivity index (χ1) is 8.69. The molecule has 1 aliphatic carbocycles. The molecular weight excluding hydrogens is 250 g/mol. The van der Waals surface area contributed by atoms with Gasteiger partial charge in [0.2, 0.25) is 0 Å². The normalized spacial score (nSPS) is 26.1. The molecule has 18 heavy (non-hydrogen) atoms. The number of hydrogen-bond acceptors (Lipinski definition) is 6. The Morgan fingerprint density at radius 3 is 3.22 bits per heavy atom. The van der Waals surface area contributed by atoms with Crippen molar-refractivity contribution in [3.8, 4) is 0 Å². The van der Waals surface area contributed by atoms with Crippen LogP contribution in [-0.2, 0) is 9.53 Å². The minimum atomic E-state index is -0.135. The number of hydrogen-bond donors (Lipinski definition) is 1. The number of nitrogens with zero attached hydrogens (tertiary/aromatic N) is 2. The quantitative estimate of drug-likeness (QED) is 0.841. The summed E-state index contributed by atoms with van der Waals surface area (Å²) in [5.41, 5.74) is 6.98. The molecule has 2 bridgehead atoms. The number of thiazole rings is 1. The lowest BCUT2D eigenvalue weighted by Gasteiger charge is -2.43. The highest BCUT2D eigenvalue weighted by atomic mass is 32.1. The SMILES string of the molecule is CCOC(=O)CN1CC2CCC1c1sc(N)nc12. The van der Waals surface area contributed by atoms with Crippen LogP contribution in [0, 0.1) is 0 Å². The smallest absolute Gasteiger partial charge is 0.320 e. The first-order valence-electron chi connectivity index (χ1n) is 6.34. The van der Waals surface area contributed by atoms with Crippen molar-refractivity contribution in [2.24, 2.45) is 0 Å². The molecule has 0 saturated carbocycles. The number of anilines is 1. The maximum absolute atomic E-state index is 11.6. The summed E-state index contributed by atoms with van der Waals surface area (Å²) in [6.07, 6.45) is 2.25. The van der Waals surface area contributed by atoms with E-state index >= 15 is 0 Å². The minimum Gasteiger partial charge on any atom is -0.465 e. The molecule has 1 aromatic heterocycles. The fourth-order valence-electron chi connectivity index (χ4n) is 3.00. The zero-order valence-corrected chi connectivity index (χ0v) is 11.2. The van der Waals surface area contributed by atoms with Crippen LogP contribution in [0.3, 0.4) is 0 Å². The Morgan fingerprint density at radius 2 is 2.44 bits per heavy atom. The molecule has 5 nitrogen and oxygen atoms in total. The molecule has 0 spiro atoms. The van der Waals surface area contributed by atoms with Gasteiger partial charge in [-0.3, -0.25) is 9.69 Å². The molecule has 1 fully saturated rings. The zero-order chi connectivity index (χ0) is 12.7. The molecule has 0 radical (unpaired) electrons. The standard InChI is InChI=1S/C12H17N3O2S/c1-2-17-9(16)6-15-5-7-3-4-8(15)11-10(7)14-12(13)18-11/h7-8H,2-6H2,1H3,(H2,13,14). The van der Waals surface area contributed by atoms with Crippen molar-refractivity contribution in [2.75, 3.05) is 25.4 Å². The Balaban J connectivity index is 1.80. The van der Waals surface area contributed by atoms with E-state index in [0.717, 1.165) is 19.4 Å². The lowest BCUT2D eigenvalue weighted by Crippen LogP contribution is -2.44. The number of nitrogens with two attached hydrogens (primary N) is 1. The van der Waals surface area contributed by atoms with Gasteiger partial charge >= 0.3 is 5.97 Å². The van der Waals surface area contributed by atoms with Crippen LogP contribution in [-0.4, -0.2) is 35.5 Å². The highest BCUT2D eigenvalue weighted by molar-refractivity contribution is 7.15. The largest absolute Gasteiger partial charge is 0.465 e. The first kappa shape index (κ1) is 11.9. The monoisotopic (exact) mass is 267 g/mol. The molecule has 3 heterocycles. The summed E-state index contributed by atoms with van der Waals surface area (Å²) in [5, 5.41) is 0.648. The predicted molar refractivity (Wildman–Crippen MR) is 69.4 cm³/mol. The van der Waals surface area contributed by atoms with Crippen molar-refractivity contribution < 1.29 is 9.53 Å². The van der Waals surface area contributed by atoms with Gasteiger partial charge in [-0.15, -0.1) is 11.3 Å². The van der Waals surface area contributed by atoms with Gasteiger partial charge in [-0.05, 0) is 19.8 Å². The van der Waals surface area contributed by atoms with E-state index in [1.807, 2.05) is 6.92 Å². The summed E-state index contributed by atoms with van der Waals surface area (Å²) >= 11 is 1.57. The van der Waals surface area contributed by atoms with Crippen molar-refractivity contribution in [3.05, 3.63) is 10.6 Å². The fraction of sp³-hybridized carbons (Fsp3) is 0.667. The number of piperidine rings is 1. The van der Waals surface area contributed by atoms with Gasteiger partial charge in [0.15, 0.2) is 5.13 Å². The third-order valence-corrected chi connectivity index (χ3v) is 4.71. The van der Waals surface area contributed by atoms with Crippen LogP contribution in [0.5, 0.6) is 0 Å². The molecule has 0 amide bonds. The van der Waals surface area contributed by atoms with Crippen molar-refractivity contribution in [1.29, 1.82) is 0 Å². The van der Waals surface area contributed by atoms with Gasteiger partial charge in [-0.1, -0.05) is 0 Å². The second-order valence-electron chi connectivity index (χ2n) is 4.83. The van der Waals surface area contributed by atoms with Gasteiger partial charge in [0.1, 0.15) is 0 Å². The molecule has 0 aromatic carbocycles. The molecule has 2 N–H and O–H groups in total. The Labute approximate surface area is 110 Å². The van der Waals surface area contributed by atoms with E-state index in [4.69, 9.17) is 10.5 Å². The third-order valence-electron chi connectivity index (χ3n) is 3.71. The highest BCUT2D eigenvalue weighted by Crippen LogP contribution is 2.49. The molecule has 1 saturated heterocycles. The average Bonchev–Trinajstić information content (AvgIpc) is 2.73. The Kier molecular flexibility index (Phi) is 2.99. The second-order valence-corrected chi connectivity index (χ2v) is 5.89. The summed E-state index contributed by atoms with van der Waals surface area (Å²) in [4.78, 5) is 19.5. The minimum absolute atomic E-state index is 0.135. The van der Waals surface area contributed by atoms with Crippen LogP contribution in [0.2, 0.25) is 0 Å². The van der Waals surface area contributed by atoms with Crippen LogP contribution in [0.15, 0.2) is 0 Å². The van der Waals surface area contributed by atoms with Gasteiger partial charge in [-0.2, -0.15) is 0 Å². The number of aromatic nitrogens is 1. The van der Waals surface area contributed by atoms with Crippen LogP contribution in [0.1, 0.15) is 42.3 Å². The van der Waals surface area contributed by atoms with E-state index in [1.165, 1.54) is 10.6 Å². The maximum Gasteiger partial charge on any atom is 0.320 e. The van der Waals surface area contributed by atoms with Crippen molar-refractivity contribution >= 4 is 22.4 Å². The van der Waals surface area contributed by atoms with Gasteiger partial charge in [0, 0.05) is 23.4 Å². The molecule has 1 aromatic rings. The lowest BCUT2D eigenvalue weighted by atomic mass is 9.82. The Bertz CT molecular complexity index is 474. The molecule has 98 valence electrons. The fourth-order valence-corrected chi connectivity index (χ4v) is 4.09. The third kappa shape index (κ3) is 1.89. The first-order valence-corrected chi connectivity index (χ1v) is 7.16. The number of nitrogen functional groups attached to an aromatic ring is 1. The van der Waals surface area contributed by atoms with Crippen LogP contribution >= 0.6 is 11.3 Å². The van der Waals surface area contributed by atoms with E-state index in [9.17, 15) is 4.79 Å². The molecule has 3 aliphatic rings. The molecule has 4 rings (SSSR count). The van der Waals surface area contributed by atoms with Gasteiger partial charge in [-0.25, -0.2) is 4.98 Å². The summed E-state index contributed by atoms with van der Waals surface area (Å²) in [6, 6.07) is 0.309. The number of carbonyl (C=O) groups excluding carboxylic acids is 1. The van der Waals surface area contributed by atoms with Gasteiger partial charge in [0.25, 0.3) is 0 Å². The molecule has 2 unspecified atom stereocenters. The van der Waals surface area contributed by atoms with Crippen molar-refractivity contribution in [2.45, 2.75) is 31.7 Å². The number of esters is 1. The molecule has 2 atom stereocenters. The van der Waals surface area contributed by atoms with Crippen molar-refractivity contribution in [1.82, 2.24) is 9.88 Å². The molecule has 2 aliphatic heterocycles. The van der Waals surface area contributed by atoms with Crippen LogP contribution in [0.4, 0.5) is 5.13 Å². The number of carbonyl (C=O) groups is 1. The van der Waals surface area contributed by atoms with E-state index in [2.05, 4.69) is 9.88 Å². The van der Waals surface area contributed by atoms with E-state index in [0.29, 0.717) is 30.2 Å². The van der Waals surface area contributed by atoms with Gasteiger partial charge < -0.3 is 10.5 Å². The lowest BCUT2D eigenvalue weighted by molar-refractivity contribution is -0.145. The number of fused-ring (bicyclic) bond motifs is 2. The van der Waals surface area contributed by atoms with E-state index < -0.39 is 0 Å². The highest BCUT2D eigenvalue weighted by Gasteiger charge is 2.41. The predicted octanol–water partition coefficient (Wildman–Crippen LogP) is 1.52. The summed E-state index contributed by atoms with van der Waals surface area (Å²) in [7, 11) is 0. The average molecular weight is 267 g/mol. The van der Waals surface area contributed by atoms with Crippen LogP contribution < -0.4 is 5.73 Å².